The van der Waals surface area contributed by atoms with Gasteiger partial charge in [-0.1, -0.05) is 23.4 Å². The molecule has 0 spiro atoms. The van der Waals surface area contributed by atoms with Gasteiger partial charge in [-0.05, 0) is 36.4 Å². The molecule has 0 aliphatic carbocycles. The van der Waals surface area contributed by atoms with Crippen LogP contribution < -0.4 is 5.32 Å². The Morgan fingerprint density at radius 3 is 2.31 bits per heavy atom. The van der Waals surface area contributed by atoms with Crippen LogP contribution in [0.1, 0.15) is 28.4 Å². The molecule has 1 N–H and O–H groups in total. The van der Waals surface area contributed by atoms with Crippen molar-refractivity contribution in [2.24, 2.45) is 0 Å². The summed E-state index contributed by atoms with van der Waals surface area (Å²) >= 11 is 0. The molecule has 1 amide bonds. The maximum Gasteiger partial charge on any atom is 0.434 e. The van der Waals surface area contributed by atoms with Crippen molar-refractivity contribution in [1.82, 2.24) is 19.9 Å². The summed E-state index contributed by atoms with van der Waals surface area (Å²) in [6, 6.07) is 13.1. The second-order valence-corrected chi connectivity index (χ2v) is 6.44. The number of rotatable bonds is 5. The molecular formula is C20H12F5N5O2. The molecule has 0 aliphatic rings. The first-order chi connectivity index (χ1) is 15.2. The van der Waals surface area contributed by atoms with Crippen LogP contribution >= 0.6 is 0 Å². The van der Waals surface area contributed by atoms with Gasteiger partial charge in [-0.15, -0.1) is 0 Å². The summed E-state index contributed by atoms with van der Waals surface area (Å²) in [4.78, 5) is 16.1. The molecular weight excluding hydrogens is 437 g/mol. The number of benzene rings is 2. The zero-order valence-corrected chi connectivity index (χ0v) is 15.8. The van der Waals surface area contributed by atoms with Crippen LogP contribution in [0.25, 0.3) is 17.1 Å². The van der Waals surface area contributed by atoms with E-state index < -0.39 is 35.7 Å². The minimum absolute atomic E-state index is 0.0957. The Kier molecular flexibility index (Phi) is 5.43. The Balaban J connectivity index is 1.58. The maximum atomic E-state index is 13.7. The Morgan fingerprint density at radius 2 is 1.72 bits per heavy atom. The molecule has 0 saturated heterocycles. The molecule has 0 unspecified atom stereocenters. The average Bonchev–Trinajstić information content (AvgIpc) is 3.43. The van der Waals surface area contributed by atoms with E-state index >= 15 is 0 Å². The van der Waals surface area contributed by atoms with Crippen molar-refractivity contribution in [2.45, 2.75) is 12.6 Å². The monoisotopic (exact) mass is 449 g/mol. The highest BCUT2D eigenvalue weighted by atomic mass is 19.4. The molecule has 164 valence electrons. The smallest absolute Gasteiger partial charge is 0.333 e. The number of carbonyl (C=O) groups is 1. The van der Waals surface area contributed by atoms with Crippen LogP contribution in [-0.4, -0.2) is 25.8 Å². The van der Waals surface area contributed by atoms with Gasteiger partial charge in [-0.25, -0.2) is 4.68 Å². The van der Waals surface area contributed by atoms with Crippen molar-refractivity contribution in [3.63, 3.8) is 0 Å². The minimum Gasteiger partial charge on any atom is -0.333 e. The third-order valence-electron chi connectivity index (χ3n) is 4.31. The Hall–Kier alpha value is -4.09. The van der Waals surface area contributed by atoms with Crippen LogP contribution in [0.3, 0.4) is 0 Å². The minimum atomic E-state index is -4.84. The fraction of sp³-hybridized carbons (Fsp3) is 0.100. The van der Waals surface area contributed by atoms with Gasteiger partial charge in [0.25, 0.3) is 11.8 Å². The fourth-order valence-corrected chi connectivity index (χ4v) is 2.89. The van der Waals surface area contributed by atoms with Gasteiger partial charge in [0.1, 0.15) is 0 Å². The molecule has 32 heavy (non-hydrogen) atoms. The third-order valence-corrected chi connectivity index (χ3v) is 4.31. The predicted molar refractivity (Wildman–Crippen MR) is 101 cm³/mol. The van der Waals surface area contributed by atoms with Gasteiger partial charge >= 0.3 is 12.6 Å². The van der Waals surface area contributed by atoms with Crippen molar-refractivity contribution in [3.05, 3.63) is 77.9 Å². The lowest BCUT2D eigenvalue weighted by Gasteiger charge is -2.13. The number of hydrogen-bond donors (Lipinski definition) is 1. The summed E-state index contributed by atoms with van der Waals surface area (Å²) in [5.41, 5.74) is -1.26. The summed E-state index contributed by atoms with van der Waals surface area (Å²) in [5.74, 6) is -1.96. The van der Waals surface area contributed by atoms with Gasteiger partial charge in [0.05, 0.1) is 17.4 Å². The van der Waals surface area contributed by atoms with Gasteiger partial charge in [0, 0.05) is 11.3 Å². The number of hydrogen-bond acceptors (Lipinski definition) is 5. The first kappa shape index (κ1) is 21.2. The van der Waals surface area contributed by atoms with Crippen LogP contribution in [0.5, 0.6) is 0 Å². The number of nitrogens with zero attached hydrogens (tertiary/aromatic N) is 4. The van der Waals surface area contributed by atoms with E-state index in [1.165, 1.54) is 36.4 Å². The predicted octanol–water partition coefficient (Wildman–Crippen LogP) is 5.13. The van der Waals surface area contributed by atoms with E-state index in [1.54, 1.807) is 18.2 Å². The van der Waals surface area contributed by atoms with Crippen molar-refractivity contribution >= 4 is 11.6 Å². The topological polar surface area (TPSA) is 85.8 Å². The van der Waals surface area contributed by atoms with Gasteiger partial charge in [-0.2, -0.15) is 32.0 Å². The molecule has 0 bridgehead atoms. The summed E-state index contributed by atoms with van der Waals surface area (Å²) in [6.07, 6.45) is -6.93. The summed E-state index contributed by atoms with van der Waals surface area (Å²) in [5, 5.41) is 9.52. The van der Waals surface area contributed by atoms with Crippen molar-refractivity contribution in [1.29, 1.82) is 0 Å². The highest BCUT2D eigenvalue weighted by Crippen LogP contribution is 2.34. The van der Waals surface area contributed by atoms with Crippen molar-refractivity contribution in [3.8, 4) is 17.1 Å². The standard InChI is InChI=1S/C20H12F5N5O2/c21-16(22)19-28-17(29-32-19)11-6-8-12(9-7-11)27-18(31)14-10-26-30(15(14)20(23,24)25)13-4-2-1-3-5-13/h1-10,16H,(H,27,31). The zero-order valence-electron chi connectivity index (χ0n) is 15.8. The van der Waals surface area contributed by atoms with E-state index in [-0.39, 0.29) is 17.2 Å². The van der Waals surface area contributed by atoms with E-state index in [2.05, 4.69) is 25.1 Å². The SMILES string of the molecule is O=C(Nc1ccc(-c2noc(C(F)F)n2)cc1)c1cnn(-c2ccccc2)c1C(F)(F)F. The first-order valence-corrected chi connectivity index (χ1v) is 8.98. The van der Waals surface area contributed by atoms with Gasteiger partial charge in [0.2, 0.25) is 5.82 Å². The first-order valence-electron chi connectivity index (χ1n) is 8.98. The van der Waals surface area contributed by atoms with E-state index in [0.717, 1.165) is 6.20 Å². The second-order valence-electron chi connectivity index (χ2n) is 6.44. The lowest BCUT2D eigenvalue weighted by atomic mass is 10.1. The van der Waals surface area contributed by atoms with Crippen LogP contribution in [0.15, 0.2) is 65.3 Å². The lowest BCUT2D eigenvalue weighted by molar-refractivity contribution is -0.143. The lowest BCUT2D eigenvalue weighted by Crippen LogP contribution is -2.20. The zero-order chi connectivity index (χ0) is 22.9. The van der Waals surface area contributed by atoms with Crippen LogP contribution in [0.4, 0.5) is 27.6 Å². The molecule has 12 heteroatoms. The van der Waals surface area contributed by atoms with Gasteiger partial charge < -0.3 is 9.84 Å². The van der Waals surface area contributed by atoms with E-state index in [4.69, 9.17) is 0 Å². The Labute approximate surface area is 176 Å². The fourth-order valence-electron chi connectivity index (χ4n) is 2.89. The number of aromatic nitrogens is 4. The van der Waals surface area contributed by atoms with Crippen LogP contribution in [0, 0.1) is 0 Å². The third kappa shape index (κ3) is 4.19. The molecule has 0 atom stereocenters. The van der Waals surface area contributed by atoms with Crippen LogP contribution in [0.2, 0.25) is 0 Å². The van der Waals surface area contributed by atoms with E-state index in [1.807, 2.05) is 0 Å². The highest BCUT2D eigenvalue weighted by molar-refractivity contribution is 6.05. The Bertz CT molecular complexity index is 1230. The average molecular weight is 449 g/mol. The Morgan fingerprint density at radius 1 is 1.03 bits per heavy atom. The molecule has 7 nitrogen and oxygen atoms in total. The molecule has 0 radical (unpaired) electrons. The summed E-state index contributed by atoms with van der Waals surface area (Å²) < 4.78 is 71.3. The summed E-state index contributed by atoms with van der Waals surface area (Å²) in [7, 11) is 0. The number of halogens is 5. The van der Waals surface area contributed by atoms with Crippen molar-refractivity contribution in [2.75, 3.05) is 5.32 Å². The van der Waals surface area contributed by atoms with E-state index in [9.17, 15) is 26.7 Å². The number of carbonyl (C=O) groups excluding carboxylic acids is 1. The molecule has 0 aliphatic heterocycles. The number of amides is 1. The molecule has 2 heterocycles. The van der Waals surface area contributed by atoms with E-state index in [0.29, 0.717) is 10.2 Å². The van der Waals surface area contributed by atoms with Gasteiger partial charge in [0.15, 0.2) is 5.69 Å². The number of para-hydroxylation sites is 1. The van der Waals surface area contributed by atoms with Gasteiger partial charge in [-0.3, -0.25) is 4.79 Å². The quantitative estimate of drug-likeness (QED) is 0.427. The number of nitrogens with one attached hydrogen (secondary N) is 1. The molecule has 2 aromatic heterocycles. The maximum absolute atomic E-state index is 13.7. The molecule has 2 aromatic carbocycles. The number of alkyl halides is 5. The summed E-state index contributed by atoms with van der Waals surface area (Å²) in [6.45, 7) is 0. The molecule has 0 saturated carbocycles. The number of anilines is 1. The molecule has 0 fully saturated rings. The van der Waals surface area contributed by atoms with Crippen LogP contribution in [-0.2, 0) is 6.18 Å². The molecule has 4 aromatic rings. The normalized spacial score (nSPS) is 11.7. The largest absolute Gasteiger partial charge is 0.434 e. The molecule has 4 rings (SSSR count). The highest BCUT2D eigenvalue weighted by Gasteiger charge is 2.40. The van der Waals surface area contributed by atoms with Crippen molar-refractivity contribution < 1.29 is 31.3 Å². The second kappa shape index (κ2) is 8.21.